The summed E-state index contributed by atoms with van der Waals surface area (Å²) in [5.41, 5.74) is 2.33. The Hall–Kier alpha value is -2.20. The van der Waals surface area contributed by atoms with Crippen LogP contribution >= 0.6 is 15.9 Å². The van der Waals surface area contributed by atoms with Crippen molar-refractivity contribution in [2.24, 2.45) is 0 Å². The Morgan fingerprint density at radius 3 is 1.71 bits per heavy atom. The van der Waals surface area contributed by atoms with Gasteiger partial charge < -0.3 is 4.90 Å². The van der Waals surface area contributed by atoms with Crippen LogP contribution in [0, 0.1) is 11.6 Å². The Bertz CT molecular complexity index is 765. The molecule has 0 atom stereocenters. The van der Waals surface area contributed by atoms with Gasteiger partial charge in [-0.3, -0.25) is 0 Å². The van der Waals surface area contributed by atoms with Crippen molar-refractivity contribution in [1.82, 2.24) is 0 Å². The maximum absolute atomic E-state index is 14.4. The van der Waals surface area contributed by atoms with Crippen molar-refractivity contribution < 1.29 is 8.78 Å². The molecule has 0 aliphatic carbocycles. The fourth-order valence-electron chi connectivity index (χ4n) is 2.59. The van der Waals surface area contributed by atoms with E-state index in [-0.39, 0.29) is 10.2 Å². The van der Waals surface area contributed by atoms with Gasteiger partial charge in [-0.05, 0) is 33.1 Å². The summed E-state index contributed by atoms with van der Waals surface area (Å²) in [6.07, 6.45) is 0. The predicted octanol–water partition coefficient (Wildman–Crippen LogP) is 5.93. The quantitative estimate of drug-likeness (QED) is 0.490. The molecule has 0 saturated carbocycles. The van der Waals surface area contributed by atoms with Gasteiger partial charge in [0, 0.05) is 19.2 Å². The Morgan fingerprint density at radius 2 is 1.21 bits per heavy atom. The van der Waals surface area contributed by atoms with Gasteiger partial charge in [0.1, 0.15) is 11.6 Å². The molecule has 0 amide bonds. The second kappa shape index (κ2) is 7.58. The smallest absolute Gasteiger partial charge is 0.147 e. The Balaban J connectivity index is 1.96. The molecule has 0 N–H and O–H groups in total. The van der Waals surface area contributed by atoms with Crippen LogP contribution in [-0.2, 0) is 13.1 Å². The molecular formula is C20H16BrF2N. The molecule has 0 aromatic heterocycles. The largest absolute Gasteiger partial charge is 0.360 e. The van der Waals surface area contributed by atoms with E-state index >= 15 is 0 Å². The number of benzene rings is 3. The first kappa shape index (κ1) is 16.7. The van der Waals surface area contributed by atoms with Gasteiger partial charge >= 0.3 is 0 Å². The van der Waals surface area contributed by atoms with E-state index in [0.717, 1.165) is 11.1 Å². The van der Waals surface area contributed by atoms with Crippen LogP contribution < -0.4 is 4.90 Å². The van der Waals surface area contributed by atoms with Gasteiger partial charge in [0.15, 0.2) is 0 Å². The Morgan fingerprint density at radius 1 is 0.708 bits per heavy atom. The molecule has 4 heteroatoms. The average Bonchev–Trinajstić information content (AvgIpc) is 2.59. The number of halogens is 3. The van der Waals surface area contributed by atoms with Crippen LogP contribution in [0.2, 0.25) is 0 Å². The molecule has 122 valence electrons. The van der Waals surface area contributed by atoms with Gasteiger partial charge in [0.25, 0.3) is 0 Å². The van der Waals surface area contributed by atoms with E-state index in [2.05, 4.69) is 15.9 Å². The molecule has 0 radical (unpaired) electrons. The van der Waals surface area contributed by atoms with E-state index in [4.69, 9.17) is 0 Å². The monoisotopic (exact) mass is 387 g/mol. The first-order chi connectivity index (χ1) is 11.6. The van der Waals surface area contributed by atoms with Crippen LogP contribution in [0.5, 0.6) is 0 Å². The fourth-order valence-corrected chi connectivity index (χ4v) is 2.90. The molecule has 0 aliphatic rings. The number of hydrogen-bond donors (Lipinski definition) is 0. The molecule has 3 aromatic rings. The lowest BCUT2D eigenvalue weighted by Crippen LogP contribution is -2.23. The van der Waals surface area contributed by atoms with Crippen molar-refractivity contribution in [1.29, 1.82) is 0 Å². The zero-order valence-corrected chi connectivity index (χ0v) is 14.5. The highest BCUT2D eigenvalue weighted by Crippen LogP contribution is 2.28. The van der Waals surface area contributed by atoms with E-state index in [1.807, 2.05) is 65.6 Å². The van der Waals surface area contributed by atoms with Gasteiger partial charge in [-0.2, -0.15) is 0 Å². The summed E-state index contributed by atoms with van der Waals surface area (Å²) in [5, 5.41) is 0. The zero-order valence-electron chi connectivity index (χ0n) is 12.9. The molecule has 0 unspecified atom stereocenters. The van der Waals surface area contributed by atoms with Crippen LogP contribution in [0.25, 0.3) is 0 Å². The molecule has 0 fully saturated rings. The molecule has 0 aliphatic heterocycles. The highest BCUT2D eigenvalue weighted by molar-refractivity contribution is 9.10. The van der Waals surface area contributed by atoms with Crippen LogP contribution in [-0.4, -0.2) is 0 Å². The zero-order chi connectivity index (χ0) is 16.9. The standard InChI is InChI=1S/C20H16BrF2N/c21-17-11-19(23)20(12-18(17)22)24(13-15-7-3-1-4-8-15)14-16-9-5-2-6-10-16/h1-12H,13-14H2. The lowest BCUT2D eigenvalue weighted by molar-refractivity contribution is 0.586. The highest BCUT2D eigenvalue weighted by atomic mass is 79.9. The Labute approximate surface area is 148 Å². The van der Waals surface area contributed by atoms with Crippen LogP contribution in [0.4, 0.5) is 14.5 Å². The molecule has 3 rings (SSSR count). The van der Waals surface area contributed by atoms with Crippen molar-refractivity contribution in [3.63, 3.8) is 0 Å². The van der Waals surface area contributed by atoms with Crippen molar-refractivity contribution in [3.05, 3.63) is 100 Å². The van der Waals surface area contributed by atoms with Gasteiger partial charge in [0.05, 0.1) is 10.2 Å². The maximum Gasteiger partial charge on any atom is 0.147 e. The molecule has 24 heavy (non-hydrogen) atoms. The summed E-state index contributed by atoms with van der Waals surface area (Å²) in [5.74, 6) is -0.923. The van der Waals surface area contributed by atoms with Gasteiger partial charge in [-0.15, -0.1) is 0 Å². The maximum atomic E-state index is 14.4. The summed E-state index contributed by atoms with van der Waals surface area (Å²) in [7, 11) is 0. The van der Waals surface area contributed by atoms with Crippen LogP contribution in [0.3, 0.4) is 0 Å². The van der Waals surface area contributed by atoms with Gasteiger partial charge in [0.2, 0.25) is 0 Å². The second-order valence-corrected chi connectivity index (χ2v) is 6.40. The first-order valence-electron chi connectivity index (χ1n) is 7.61. The van der Waals surface area contributed by atoms with Crippen LogP contribution in [0.1, 0.15) is 11.1 Å². The summed E-state index contributed by atoms with van der Waals surface area (Å²) in [6, 6.07) is 22.0. The predicted molar refractivity (Wildman–Crippen MR) is 96.8 cm³/mol. The number of hydrogen-bond acceptors (Lipinski definition) is 1. The SMILES string of the molecule is Fc1cc(N(Cc2ccccc2)Cc2ccccc2)c(F)cc1Br. The lowest BCUT2D eigenvalue weighted by atomic mass is 10.1. The van der Waals surface area contributed by atoms with Crippen molar-refractivity contribution in [2.75, 3.05) is 4.90 Å². The van der Waals surface area contributed by atoms with E-state index in [1.54, 1.807) is 0 Å². The number of nitrogens with zero attached hydrogens (tertiary/aromatic N) is 1. The van der Waals surface area contributed by atoms with E-state index < -0.39 is 11.6 Å². The van der Waals surface area contributed by atoms with Gasteiger partial charge in [-0.1, -0.05) is 60.7 Å². The number of rotatable bonds is 5. The highest BCUT2D eigenvalue weighted by Gasteiger charge is 2.16. The summed E-state index contributed by atoms with van der Waals surface area (Å²) in [6.45, 7) is 0.988. The molecule has 1 nitrogen and oxygen atoms in total. The molecule has 0 bridgehead atoms. The van der Waals surface area contributed by atoms with E-state index in [0.29, 0.717) is 13.1 Å². The van der Waals surface area contributed by atoms with Crippen LogP contribution in [0.15, 0.2) is 77.3 Å². The summed E-state index contributed by atoms with van der Waals surface area (Å²) in [4.78, 5) is 1.84. The average molecular weight is 388 g/mol. The normalized spacial score (nSPS) is 10.6. The second-order valence-electron chi connectivity index (χ2n) is 5.54. The third kappa shape index (κ3) is 4.01. The third-order valence-corrected chi connectivity index (χ3v) is 4.37. The minimum Gasteiger partial charge on any atom is -0.360 e. The van der Waals surface area contributed by atoms with Crippen molar-refractivity contribution in [2.45, 2.75) is 13.1 Å². The van der Waals surface area contributed by atoms with Crippen molar-refractivity contribution in [3.8, 4) is 0 Å². The lowest BCUT2D eigenvalue weighted by Gasteiger charge is -2.26. The summed E-state index contributed by atoms with van der Waals surface area (Å²) >= 11 is 3.03. The molecule has 3 aromatic carbocycles. The van der Waals surface area contributed by atoms with Gasteiger partial charge in [-0.25, -0.2) is 8.78 Å². The molecule has 0 heterocycles. The first-order valence-corrected chi connectivity index (χ1v) is 8.40. The third-order valence-electron chi connectivity index (χ3n) is 3.76. The summed E-state index contributed by atoms with van der Waals surface area (Å²) < 4.78 is 28.5. The minimum absolute atomic E-state index is 0.128. The molecule has 0 spiro atoms. The van der Waals surface area contributed by atoms with E-state index in [9.17, 15) is 8.78 Å². The molecule has 0 saturated heterocycles. The molecular weight excluding hydrogens is 372 g/mol. The minimum atomic E-state index is -0.475. The fraction of sp³-hybridized carbons (Fsp3) is 0.100. The Kier molecular flexibility index (Phi) is 5.26. The van der Waals surface area contributed by atoms with E-state index in [1.165, 1.54) is 12.1 Å². The van der Waals surface area contributed by atoms with Crippen molar-refractivity contribution >= 4 is 21.6 Å². The number of anilines is 1. The topological polar surface area (TPSA) is 3.24 Å².